The standard InChI is InChI=1S/C17H20N2O2/c1-2-11-19(15-9-5-4-8-14(15)18)17(21)12-13-7-3-6-10-16(13)20/h3-10,20H,2,11-12,18H2,1H3. The maximum atomic E-state index is 12.6. The van der Waals surface area contributed by atoms with E-state index in [0.717, 1.165) is 12.1 Å². The number of para-hydroxylation sites is 3. The van der Waals surface area contributed by atoms with Crippen LogP contribution in [0.5, 0.6) is 5.75 Å². The van der Waals surface area contributed by atoms with Crippen LogP contribution in [0.25, 0.3) is 0 Å². The first-order chi connectivity index (χ1) is 10.1. The Morgan fingerprint density at radius 3 is 2.48 bits per heavy atom. The number of phenolic OH excluding ortho intramolecular Hbond substituents is 1. The summed E-state index contributed by atoms with van der Waals surface area (Å²) in [5.41, 5.74) is 7.89. The van der Waals surface area contributed by atoms with Gasteiger partial charge in [-0.05, 0) is 24.6 Å². The van der Waals surface area contributed by atoms with Crippen LogP contribution in [0.3, 0.4) is 0 Å². The van der Waals surface area contributed by atoms with Crippen LogP contribution in [0.1, 0.15) is 18.9 Å². The number of aromatic hydroxyl groups is 1. The highest BCUT2D eigenvalue weighted by molar-refractivity contribution is 5.97. The van der Waals surface area contributed by atoms with Gasteiger partial charge in [-0.3, -0.25) is 4.79 Å². The predicted molar refractivity (Wildman–Crippen MR) is 85.3 cm³/mol. The van der Waals surface area contributed by atoms with Crippen LogP contribution in [0.2, 0.25) is 0 Å². The van der Waals surface area contributed by atoms with Crippen LogP contribution >= 0.6 is 0 Å². The first-order valence-electron chi connectivity index (χ1n) is 7.05. The van der Waals surface area contributed by atoms with Crippen LogP contribution in [0.4, 0.5) is 11.4 Å². The van der Waals surface area contributed by atoms with Gasteiger partial charge in [0.2, 0.25) is 5.91 Å². The molecule has 0 spiro atoms. The summed E-state index contributed by atoms with van der Waals surface area (Å²) in [6.45, 7) is 2.61. The molecule has 0 unspecified atom stereocenters. The van der Waals surface area contributed by atoms with Gasteiger partial charge in [0.1, 0.15) is 5.75 Å². The van der Waals surface area contributed by atoms with Gasteiger partial charge in [0.05, 0.1) is 17.8 Å². The Bertz CT molecular complexity index is 626. The minimum absolute atomic E-state index is 0.0729. The second-order valence-corrected chi connectivity index (χ2v) is 4.91. The van der Waals surface area contributed by atoms with Gasteiger partial charge in [-0.2, -0.15) is 0 Å². The van der Waals surface area contributed by atoms with E-state index in [1.807, 2.05) is 31.2 Å². The van der Waals surface area contributed by atoms with E-state index in [1.165, 1.54) is 0 Å². The number of hydrogen-bond donors (Lipinski definition) is 2. The Balaban J connectivity index is 2.25. The molecule has 0 aliphatic carbocycles. The normalized spacial score (nSPS) is 10.3. The number of carbonyl (C=O) groups is 1. The minimum atomic E-state index is -0.0729. The minimum Gasteiger partial charge on any atom is -0.508 e. The summed E-state index contributed by atoms with van der Waals surface area (Å²) in [5.74, 6) is 0.0691. The monoisotopic (exact) mass is 284 g/mol. The molecule has 0 bridgehead atoms. The third kappa shape index (κ3) is 3.54. The average molecular weight is 284 g/mol. The van der Waals surface area contributed by atoms with E-state index in [1.54, 1.807) is 29.2 Å². The third-order valence-corrected chi connectivity index (χ3v) is 3.31. The van der Waals surface area contributed by atoms with Crippen molar-refractivity contribution in [3.8, 4) is 5.75 Å². The van der Waals surface area contributed by atoms with Gasteiger partial charge in [-0.25, -0.2) is 0 Å². The Labute approximate surface area is 124 Å². The zero-order valence-electron chi connectivity index (χ0n) is 12.1. The summed E-state index contributed by atoms with van der Waals surface area (Å²) in [7, 11) is 0. The lowest BCUT2D eigenvalue weighted by Crippen LogP contribution is -2.33. The lowest BCUT2D eigenvalue weighted by Gasteiger charge is -2.24. The van der Waals surface area contributed by atoms with Crippen molar-refractivity contribution in [3.63, 3.8) is 0 Å². The number of carbonyl (C=O) groups excluding carboxylic acids is 1. The van der Waals surface area contributed by atoms with Gasteiger partial charge in [0, 0.05) is 12.1 Å². The maximum Gasteiger partial charge on any atom is 0.231 e. The van der Waals surface area contributed by atoms with Crippen molar-refractivity contribution in [3.05, 3.63) is 54.1 Å². The molecule has 0 aliphatic heterocycles. The largest absolute Gasteiger partial charge is 0.508 e. The van der Waals surface area contributed by atoms with E-state index in [2.05, 4.69) is 0 Å². The van der Waals surface area contributed by atoms with Crippen LogP contribution in [0.15, 0.2) is 48.5 Å². The summed E-state index contributed by atoms with van der Waals surface area (Å²) in [4.78, 5) is 14.2. The van der Waals surface area contributed by atoms with Crippen molar-refractivity contribution >= 4 is 17.3 Å². The topological polar surface area (TPSA) is 66.6 Å². The molecule has 0 atom stereocenters. The molecule has 0 aromatic heterocycles. The molecule has 110 valence electrons. The number of hydrogen-bond acceptors (Lipinski definition) is 3. The van der Waals surface area contributed by atoms with Gasteiger partial charge in [-0.1, -0.05) is 37.3 Å². The van der Waals surface area contributed by atoms with Gasteiger partial charge < -0.3 is 15.7 Å². The van der Waals surface area contributed by atoms with Crippen molar-refractivity contribution in [2.24, 2.45) is 0 Å². The molecule has 2 rings (SSSR count). The lowest BCUT2D eigenvalue weighted by atomic mass is 10.1. The highest BCUT2D eigenvalue weighted by atomic mass is 16.3. The maximum absolute atomic E-state index is 12.6. The molecule has 0 saturated carbocycles. The van der Waals surface area contributed by atoms with Crippen LogP contribution in [-0.4, -0.2) is 17.6 Å². The van der Waals surface area contributed by atoms with Crippen molar-refractivity contribution in [1.29, 1.82) is 0 Å². The second-order valence-electron chi connectivity index (χ2n) is 4.91. The Hall–Kier alpha value is -2.49. The molecule has 2 aromatic rings. The van der Waals surface area contributed by atoms with E-state index >= 15 is 0 Å². The molecule has 4 heteroatoms. The van der Waals surface area contributed by atoms with Crippen LogP contribution < -0.4 is 10.6 Å². The molecule has 0 radical (unpaired) electrons. The third-order valence-electron chi connectivity index (χ3n) is 3.31. The number of nitrogens with two attached hydrogens (primary N) is 1. The smallest absolute Gasteiger partial charge is 0.231 e. The van der Waals surface area contributed by atoms with Gasteiger partial charge in [-0.15, -0.1) is 0 Å². The molecule has 3 N–H and O–H groups in total. The highest BCUT2D eigenvalue weighted by Crippen LogP contribution is 2.25. The highest BCUT2D eigenvalue weighted by Gasteiger charge is 2.18. The number of benzene rings is 2. The molecule has 2 aromatic carbocycles. The summed E-state index contributed by atoms with van der Waals surface area (Å²) >= 11 is 0. The summed E-state index contributed by atoms with van der Waals surface area (Å²) in [5, 5.41) is 9.80. The molecule has 4 nitrogen and oxygen atoms in total. The van der Waals surface area contributed by atoms with Gasteiger partial charge in [0.25, 0.3) is 0 Å². The molecule has 1 amide bonds. The number of rotatable bonds is 5. The van der Waals surface area contributed by atoms with Crippen molar-refractivity contribution < 1.29 is 9.90 Å². The molecule has 21 heavy (non-hydrogen) atoms. The molecule has 0 aliphatic rings. The quantitative estimate of drug-likeness (QED) is 0.829. The fraction of sp³-hybridized carbons (Fsp3) is 0.235. The van der Waals surface area contributed by atoms with E-state index in [0.29, 0.717) is 17.8 Å². The van der Waals surface area contributed by atoms with Crippen molar-refractivity contribution in [2.75, 3.05) is 17.2 Å². The van der Waals surface area contributed by atoms with E-state index in [-0.39, 0.29) is 18.1 Å². The van der Waals surface area contributed by atoms with E-state index in [9.17, 15) is 9.90 Å². The first-order valence-corrected chi connectivity index (χ1v) is 7.05. The molecule has 0 saturated heterocycles. The van der Waals surface area contributed by atoms with E-state index < -0.39 is 0 Å². The average Bonchev–Trinajstić information content (AvgIpc) is 2.48. The van der Waals surface area contributed by atoms with E-state index in [4.69, 9.17) is 5.73 Å². The van der Waals surface area contributed by atoms with Gasteiger partial charge in [0.15, 0.2) is 0 Å². The fourth-order valence-corrected chi connectivity index (χ4v) is 2.26. The van der Waals surface area contributed by atoms with Gasteiger partial charge >= 0.3 is 0 Å². The summed E-state index contributed by atoms with van der Waals surface area (Å²) in [6, 6.07) is 14.2. The molecule has 0 fully saturated rings. The van der Waals surface area contributed by atoms with Crippen LogP contribution in [0, 0.1) is 0 Å². The number of phenols is 1. The Morgan fingerprint density at radius 1 is 1.14 bits per heavy atom. The zero-order valence-corrected chi connectivity index (χ0v) is 12.1. The number of amides is 1. The molecule has 0 heterocycles. The predicted octanol–water partition coefficient (Wildman–Crippen LogP) is 2.96. The summed E-state index contributed by atoms with van der Waals surface area (Å²) in [6.07, 6.45) is 0.988. The number of nitrogen functional groups attached to an aromatic ring is 1. The molecular formula is C17H20N2O2. The SMILES string of the molecule is CCCN(C(=O)Cc1ccccc1O)c1ccccc1N. The van der Waals surface area contributed by atoms with Crippen molar-refractivity contribution in [1.82, 2.24) is 0 Å². The lowest BCUT2D eigenvalue weighted by molar-refractivity contribution is -0.118. The first kappa shape index (κ1) is 14.9. The number of nitrogens with zero attached hydrogens (tertiary/aromatic N) is 1. The fourth-order valence-electron chi connectivity index (χ4n) is 2.26. The molecular weight excluding hydrogens is 264 g/mol. The second kappa shape index (κ2) is 6.79. The van der Waals surface area contributed by atoms with Crippen LogP contribution in [-0.2, 0) is 11.2 Å². The number of anilines is 2. The summed E-state index contributed by atoms with van der Waals surface area (Å²) < 4.78 is 0. The zero-order chi connectivity index (χ0) is 15.2. The Kier molecular flexibility index (Phi) is 4.82. The van der Waals surface area contributed by atoms with Crippen molar-refractivity contribution in [2.45, 2.75) is 19.8 Å². The Morgan fingerprint density at radius 2 is 1.81 bits per heavy atom.